The van der Waals surface area contributed by atoms with E-state index in [1.165, 1.54) is 12.1 Å². The predicted molar refractivity (Wildman–Crippen MR) is 98.7 cm³/mol. The highest BCUT2D eigenvalue weighted by Crippen LogP contribution is 2.26. The Balaban J connectivity index is 0.000000269. The molecule has 0 spiro atoms. The van der Waals surface area contributed by atoms with E-state index < -0.39 is 0 Å². The summed E-state index contributed by atoms with van der Waals surface area (Å²) in [5, 5.41) is 4.46. The summed E-state index contributed by atoms with van der Waals surface area (Å²) in [6.07, 6.45) is 2.89. The van der Waals surface area contributed by atoms with Crippen LogP contribution in [0.2, 0.25) is 0 Å². The van der Waals surface area contributed by atoms with E-state index in [-0.39, 0.29) is 11.7 Å². The van der Waals surface area contributed by atoms with Crippen molar-refractivity contribution in [1.29, 1.82) is 0 Å². The number of fused-ring (bicyclic) bond motifs is 1. The Morgan fingerprint density at radius 1 is 1.16 bits per heavy atom. The fraction of sp³-hybridized carbons (Fsp3) is 0.263. The van der Waals surface area contributed by atoms with E-state index in [0.29, 0.717) is 24.3 Å². The van der Waals surface area contributed by atoms with Gasteiger partial charge in [0.25, 0.3) is 0 Å². The number of anilines is 1. The summed E-state index contributed by atoms with van der Waals surface area (Å²) in [5.41, 5.74) is 2.00. The van der Waals surface area contributed by atoms with E-state index in [1.54, 1.807) is 23.6 Å². The fourth-order valence-electron chi connectivity index (χ4n) is 2.27. The first-order valence-electron chi connectivity index (χ1n) is 8.05. The molecule has 132 valence electrons. The normalized spacial score (nSPS) is 12.1. The Kier molecular flexibility index (Phi) is 7.85. The molecule has 1 heterocycles. The minimum absolute atomic E-state index is 0.0711. The van der Waals surface area contributed by atoms with Crippen LogP contribution in [-0.4, -0.2) is 22.1 Å². The number of unbranched alkanes of at least 4 members (excludes halogenated alkanes) is 1. The third-order valence-electron chi connectivity index (χ3n) is 3.51. The molecule has 0 saturated carbocycles. The van der Waals surface area contributed by atoms with Gasteiger partial charge in [-0.05, 0) is 55.2 Å². The third-order valence-corrected chi connectivity index (χ3v) is 3.88. The molecule has 1 amide bonds. The molecule has 2 aromatic carbocycles. The Morgan fingerprint density at radius 3 is 2.64 bits per heavy atom. The summed E-state index contributed by atoms with van der Waals surface area (Å²) in [4.78, 5) is 11.2. The largest absolute Gasteiger partial charge is 0.494 e. The number of amides is 1. The highest BCUT2D eigenvalue weighted by atomic mass is 32.1. The van der Waals surface area contributed by atoms with Gasteiger partial charge in [-0.2, -0.15) is 0 Å². The van der Waals surface area contributed by atoms with Crippen LogP contribution in [0.25, 0.3) is 0 Å². The number of ether oxygens (including phenoxy) is 1. The lowest BCUT2D eigenvalue weighted by Crippen LogP contribution is -2.18. The van der Waals surface area contributed by atoms with Crippen molar-refractivity contribution in [3.8, 4) is 5.75 Å². The standard InChI is InChI=1S/C13H15NO3S.C6H5F/c15-13-6-3-10-9-11(4-5-12(10)14-13)17-7-1-2-8-18-16;7-6-4-2-1-3-5-6/h4-5,8-9H,1-3,6-7H2,(H,14,15);1-5H. The molecule has 1 aliphatic heterocycles. The first-order chi connectivity index (χ1) is 12.2. The predicted octanol–water partition coefficient (Wildman–Crippen LogP) is 3.57. The Morgan fingerprint density at radius 2 is 1.96 bits per heavy atom. The van der Waals surface area contributed by atoms with E-state index in [2.05, 4.69) is 5.32 Å². The molecule has 25 heavy (non-hydrogen) atoms. The number of hydrogen-bond acceptors (Lipinski definition) is 3. The number of carbonyl (C=O) groups is 1. The van der Waals surface area contributed by atoms with Crippen molar-refractivity contribution in [3.63, 3.8) is 0 Å². The SMILES string of the molecule is Fc1ccccc1.O=S=CCCCOc1ccc2c(c1)CCC(=O)N2. The average molecular weight is 361 g/mol. The van der Waals surface area contributed by atoms with Crippen LogP contribution in [0.1, 0.15) is 24.8 Å². The number of carbonyl (C=O) groups excluding carboxylic acids is 1. The second-order valence-electron chi connectivity index (χ2n) is 5.42. The zero-order valence-electron chi connectivity index (χ0n) is 13.7. The summed E-state index contributed by atoms with van der Waals surface area (Å²) in [6, 6.07) is 13.6. The maximum absolute atomic E-state index is 11.9. The maximum atomic E-state index is 11.9. The molecule has 1 N–H and O–H groups in total. The van der Waals surface area contributed by atoms with Gasteiger partial charge in [0.2, 0.25) is 5.91 Å². The highest BCUT2D eigenvalue weighted by Gasteiger charge is 2.14. The van der Waals surface area contributed by atoms with Crippen molar-refractivity contribution in [2.24, 2.45) is 0 Å². The molecular weight excluding hydrogens is 341 g/mol. The number of nitrogens with one attached hydrogen (secondary N) is 1. The molecule has 0 atom stereocenters. The lowest BCUT2D eigenvalue weighted by Gasteiger charge is -2.17. The lowest BCUT2D eigenvalue weighted by atomic mass is 10.0. The Bertz CT molecular complexity index is 746. The van der Waals surface area contributed by atoms with Gasteiger partial charge in [0.1, 0.15) is 11.6 Å². The quantitative estimate of drug-likeness (QED) is 0.654. The van der Waals surface area contributed by atoms with Crippen molar-refractivity contribution in [2.75, 3.05) is 11.9 Å². The molecule has 0 radical (unpaired) electrons. The summed E-state index contributed by atoms with van der Waals surface area (Å²) >= 11 is 0.496. The first-order valence-corrected chi connectivity index (χ1v) is 8.86. The molecule has 4 nitrogen and oxygen atoms in total. The van der Waals surface area contributed by atoms with Crippen LogP contribution in [-0.2, 0) is 22.5 Å². The van der Waals surface area contributed by atoms with Gasteiger partial charge in [-0.25, -0.2) is 8.60 Å². The van der Waals surface area contributed by atoms with Gasteiger partial charge in [-0.1, -0.05) is 18.2 Å². The van der Waals surface area contributed by atoms with Crippen molar-refractivity contribution in [1.82, 2.24) is 0 Å². The fourth-order valence-corrected chi connectivity index (χ4v) is 2.53. The number of rotatable bonds is 5. The topological polar surface area (TPSA) is 55.4 Å². The van der Waals surface area contributed by atoms with E-state index in [9.17, 15) is 13.4 Å². The highest BCUT2D eigenvalue weighted by molar-refractivity contribution is 7.64. The van der Waals surface area contributed by atoms with Crippen LogP contribution in [0.3, 0.4) is 0 Å². The second kappa shape index (κ2) is 10.4. The molecule has 0 unspecified atom stereocenters. The second-order valence-corrected chi connectivity index (χ2v) is 5.94. The number of aryl methyl sites for hydroxylation is 1. The van der Waals surface area contributed by atoms with Crippen molar-refractivity contribution < 1.29 is 18.1 Å². The van der Waals surface area contributed by atoms with Gasteiger partial charge in [0.15, 0.2) is 0 Å². The van der Waals surface area contributed by atoms with Gasteiger partial charge in [0, 0.05) is 17.5 Å². The van der Waals surface area contributed by atoms with E-state index in [0.717, 1.165) is 36.3 Å². The van der Waals surface area contributed by atoms with Crippen LogP contribution in [0.5, 0.6) is 5.75 Å². The van der Waals surface area contributed by atoms with Crippen LogP contribution in [0.15, 0.2) is 48.5 Å². The van der Waals surface area contributed by atoms with E-state index in [1.807, 2.05) is 18.2 Å². The summed E-state index contributed by atoms with van der Waals surface area (Å²) in [7, 11) is 0. The molecule has 0 aromatic heterocycles. The van der Waals surface area contributed by atoms with Crippen molar-refractivity contribution in [3.05, 3.63) is 59.9 Å². The molecule has 0 fully saturated rings. The molecule has 0 bridgehead atoms. The molecule has 3 rings (SSSR count). The number of halogens is 1. The van der Waals surface area contributed by atoms with Gasteiger partial charge in [-0.15, -0.1) is 0 Å². The number of hydrogen-bond donors (Lipinski definition) is 1. The summed E-state index contributed by atoms with van der Waals surface area (Å²) in [5.74, 6) is 0.712. The van der Waals surface area contributed by atoms with Crippen molar-refractivity contribution >= 4 is 28.2 Å². The Labute approximate surface area is 150 Å². The zero-order valence-corrected chi connectivity index (χ0v) is 14.6. The van der Waals surface area contributed by atoms with E-state index in [4.69, 9.17) is 4.74 Å². The minimum Gasteiger partial charge on any atom is -0.494 e. The monoisotopic (exact) mass is 361 g/mol. The molecule has 0 aliphatic carbocycles. The minimum atomic E-state index is -0.178. The van der Waals surface area contributed by atoms with E-state index >= 15 is 0 Å². The average Bonchev–Trinajstić information content (AvgIpc) is 2.63. The lowest BCUT2D eigenvalue weighted by molar-refractivity contribution is -0.116. The molecular formula is C19H20FNO3S. The maximum Gasteiger partial charge on any atom is 0.224 e. The first kappa shape index (κ1) is 18.9. The molecule has 2 aromatic rings. The third kappa shape index (κ3) is 6.89. The van der Waals surface area contributed by atoms with Gasteiger partial charge >= 0.3 is 0 Å². The molecule has 1 aliphatic rings. The van der Waals surface area contributed by atoms with Gasteiger partial charge in [0.05, 0.1) is 17.9 Å². The molecule has 6 heteroatoms. The Hall–Kier alpha value is -2.47. The molecule has 0 saturated heterocycles. The zero-order chi connectivity index (χ0) is 17.9. The van der Waals surface area contributed by atoms with Crippen molar-refractivity contribution in [2.45, 2.75) is 25.7 Å². The van der Waals surface area contributed by atoms with Crippen LogP contribution < -0.4 is 10.1 Å². The number of benzene rings is 2. The summed E-state index contributed by atoms with van der Waals surface area (Å²) < 4.78 is 27.6. The summed E-state index contributed by atoms with van der Waals surface area (Å²) in [6.45, 7) is 0.599. The van der Waals surface area contributed by atoms with Gasteiger partial charge < -0.3 is 10.1 Å². The van der Waals surface area contributed by atoms with Gasteiger partial charge in [-0.3, -0.25) is 4.79 Å². The van der Waals surface area contributed by atoms with Crippen LogP contribution in [0.4, 0.5) is 10.1 Å². The smallest absolute Gasteiger partial charge is 0.224 e. The van der Waals surface area contributed by atoms with Crippen LogP contribution in [0, 0.1) is 5.82 Å². The van der Waals surface area contributed by atoms with Crippen LogP contribution >= 0.6 is 0 Å².